The average Bonchev–Trinajstić information content (AvgIpc) is 3.05. The molecule has 0 radical (unpaired) electrons. The van der Waals surface area contributed by atoms with Crippen molar-refractivity contribution in [3.05, 3.63) is 18.2 Å². The van der Waals surface area contributed by atoms with Crippen molar-refractivity contribution in [3.8, 4) is 17.6 Å². The second kappa shape index (κ2) is 7.85. The Morgan fingerprint density at radius 3 is 2.92 bits per heavy atom. The predicted molar refractivity (Wildman–Crippen MR) is 89.5 cm³/mol. The fourth-order valence-electron chi connectivity index (χ4n) is 2.31. The zero-order chi connectivity index (χ0) is 17.6. The van der Waals surface area contributed by atoms with Crippen LogP contribution in [0.2, 0.25) is 0 Å². The van der Waals surface area contributed by atoms with Crippen LogP contribution < -0.4 is 14.4 Å². The molecule has 1 amide bonds. The zero-order valence-corrected chi connectivity index (χ0v) is 14.4. The molecule has 0 aliphatic carbocycles. The van der Waals surface area contributed by atoms with Crippen LogP contribution in [0, 0.1) is 11.3 Å². The predicted octanol–water partition coefficient (Wildman–Crippen LogP) is 1.02. The fourth-order valence-corrected chi connectivity index (χ4v) is 3.03. The van der Waals surface area contributed by atoms with Gasteiger partial charge in [0, 0.05) is 25.3 Å². The minimum Gasteiger partial charge on any atom is -0.486 e. The number of fused-ring (bicyclic) bond motifs is 1. The normalized spacial score (nSPS) is 12.5. The minimum atomic E-state index is -0.139. The first-order valence-electron chi connectivity index (χ1n) is 7.61. The highest BCUT2D eigenvalue weighted by Gasteiger charge is 2.20. The molecular formula is C15H16N6O3S. The molecule has 0 spiro atoms. The maximum atomic E-state index is 12.7. The van der Waals surface area contributed by atoms with Crippen LogP contribution in [0.1, 0.15) is 6.42 Å². The number of amides is 1. The van der Waals surface area contributed by atoms with Crippen LogP contribution in [-0.4, -0.2) is 51.6 Å². The van der Waals surface area contributed by atoms with Crippen molar-refractivity contribution in [3.63, 3.8) is 0 Å². The maximum Gasteiger partial charge on any atom is 0.237 e. The van der Waals surface area contributed by atoms with E-state index in [4.69, 9.17) is 14.7 Å². The topological polar surface area (TPSA) is 106 Å². The lowest BCUT2D eigenvalue weighted by atomic mass is 10.2. The molecule has 9 nitrogen and oxygen atoms in total. The number of nitrogens with zero attached hydrogens (tertiary/aromatic N) is 6. The number of ether oxygens (including phenoxy) is 2. The third-order valence-corrected chi connectivity index (χ3v) is 4.49. The number of aromatic nitrogens is 4. The van der Waals surface area contributed by atoms with E-state index >= 15 is 0 Å². The van der Waals surface area contributed by atoms with Crippen LogP contribution >= 0.6 is 11.8 Å². The van der Waals surface area contributed by atoms with E-state index in [-0.39, 0.29) is 18.1 Å². The summed E-state index contributed by atoms with van der Waals surface area (Å²) in [5, 5.41) is 20.6. The first-order chi connectivity index (χ1) is 12.2. The third kappa shape index (κ3) is 4.00. The molecule has 0 fully saturated rings. The SMILES string of the molecule is Cn1nnnc1SCC(=O)N(CCC#N)c1ccc2c(c1)OCCO2. The average molecular weight is 360 g/mol. The van der Waals surface area contributed by atoms with E-state index in [0.717, 1.165) is 0 Å². The number of carbonyl (C=O) groups excluding carboxylic acids is 1. The van der Waals surface area contributed by atoms with Gasteiger partial charge < -0.3 is 14.4 Å². The van der Waals surface area contributed by atoms with Gasteiger partial charge in [-0.05, 0) is 22.6 Å². The summed E-state index contributed by atoms with van der Waals surface area (Å²) >= 11 is 1.24. The number of nitriles is 1. The van der Waals surface area contributed by atoms with Crippen molar-refractivity contribution < 1.29 is 14.3 Å². The monoisotopic (exact) mass is 360 g/mol. The highest BCUT2D eigenvalue weighted by Crippen LogP contribution is 2.34. The van der Waals surface area contributed by atoms with Crippen LogP contribution in [0.4, 0.5) is 5.69 Å². The van der Waals surface area contributed by atoms with Gasteiger partial charge in [0.25, 0.3) is 0 Å². The Balaban J connectivity index is 1.75. The van der Waals surface area contributed by atoms with E-state index in [9.17, 15) is 4.79 Å². The Morgan fingerprint density at radius 1 is 1.40 bits per heavy atom. The van der Waals surface area contributed by atoms with E-state index in [1.165, 1.54) is 16.4 Å². The Bertz CT molecular complexity index is 803. The third-order valence-electron chi connectivity index (χ3n) is 3.49. The van der Waals surface area contributed by atoms with Gasteiger partial charge >= 0.3 is 0 Å². The molecule has 10 heteroatoms. The molecule has 0 saturated heterocycles. The van der Waals surface area contributed by atoms with Gasteiger partial charge in [-0.15, -0.1) is 5.10 Å². The maximum absolute atomic E-state index is 12.7. The highest BCUT2D eigenvalue weighted by atomic mass is 32.2. The van der Waals surface area contributed by atoms with E-state index in [1.807, 2.05) is 0 Å². The summed E-state index contributed by atoms with van der Waals surface area (Å²) in [6, 6.07) is 7.40. The van der Waals surface area contributed by atoms with Gasteiger partial charge in [-0.3, -0.25) is 4.79 Å². The molecular weight excluding hydrogens is 344 g/mol. The number of anilines is 1. The molecule has 0 bridgehead atoms. The van der Waals surface area contributed by atoms with Crippen LogP contribution in [-0.2, 0) is 11.8 Å². The first-order valence-corrected chi connectivity index (χ1v) is 8.59. The number of thioether (sulfide) groups is 1. The van der Waals surface area contributed by atoms with E-state index < -0.39 is 0 Å². The molecule has 1 aromatic heterocycles. The van der Waals surface area contributed by atoms with Crippen molar-refractivity contribution in [2.75, 3.05) is 30.4 Å². The Hall–Kier alpha value is -2.80. The van der Waals surface area contributed by atoms with Gasteiger partial charge in [-0.1, -0.05) is 11.8 Å². The molecule has 3 rings (SSSR count). The number of benzene rings is 1. The largest absolute Gasteiger partial charge is 0.486 e. The molecule has 2 heterocycles. The molecule has 0 atom stereocenters. The van der Waals surface area contributed by atoms with Gasteiger partial charge in [0.15, 0.2) is 11.5 Å². The van der Waals surface area contributed by atoms with Gasteiger partial charge in [0.05, 0.1) is 18.2 Å². The van der Waals surface area contributed by atoms with Crippen LogP contribution in [0.15, 0.2) is 23.4 Å². The lowest BCUT2D eigenvalue weighted by Gasteiger charge is -2.24. The van der Waals surface area contributed by atoms with E-state index in [1.54, 1.807) is 30.1 Å². The molecule has 1 aliphatic heterocycles. The highest BCUT2D eigenvalue weighted by molar-refractivity contribution is 7.99. The zero-order valence-electron chi connectivity index (χ0n) is 13.6. The van der Waals surface area contributed by atoms with Crippen molar-refractivity contribution in [1.29, 1.82) is 5.26 Å². The molecule has 0 saturated carbocycles. The summed E-state index contributed by atoms with van der Waals surface area (Å²) in [7, 11) is 1.71. The second-order valence-electron chi connectivity index (χ2n) is 5.16. The second-order valence-corrected chi connectivity index (χ2v) is 6.10. The molecule has 0 N–H and O–H groups in total. The summed E-state index contributed by atoms with van der Waals surface area (Å²) in [4.78, 5) is 14.2. The number of hydrogen-bond donors (Lipinski definition) is 0. The van der Waals surface area contributed by atoms with Gasteiger partial charge in [0.2, 0.25) is 11.1 Å². The van der Waals surface area contributed by atoms with Crippen LogP contribution in [0.3, 0.4) is 0 Å². The molecule has 2 aromatic rings. The fraction of sp³-hybridized carbons (Fsp3) is 0.400. The standard InChI is InChI=1S/C15H16N6O3S/c1-20-15(17-18-19-20)25-10-14(22)21(6-2-5-16)11-3-4-12-13(9-11)24-8-7-23-12/h3-4,9H,2,6-8,10H2,1H3. The smallest absolute Gasteiger partial charge is 0.237 e. The Kier molecular flexibility index (Phi) is 5.35. The summed E-state index contributed by atoms with van der Waals surface area (Å²) in [6.45, 7) is 1.27. The summed E-state index contributed by atoms with van der Waals surface area (Å²) in [5.74, 6) is 1.28. The first kappa shape index (κ1) is 17.0. The summed E-state index contributed by atoms with van der Waals surface area (Å²) in [5.41, 5.74) is 0.668. The lowest BCUT2D eigenvalue weighted by Crippen LogP contribution is -2.33. The van der Waals surface area contributed by atoms with Crippen molar-refractivity contribution in [2.45, 2.75) is 11.6 Å². The minimum absolute atomic E-state index is 0.139. The van der Waals surface area contributed by atoms with E-state index in [0.29, 0.717) is 42.1 Å². The molecule has 1 aromatic carbocycles. The van der Waals surface area contributed by atoms with Gasteiger partial charge in [-0.2, -0.15) is 5.26 Å². The molecule has 1 aliphatic rings. The van der Waals surface area contributed by atoms with Crippen LogP contribution in [0.25, 0.3) is 0 Å². The van der Waals surface area contributed by atoms with Crippen molar-refractivity contribution in [1.82, 2.24) is 20.2 Å². The summed E-state index contributed by atoms with van der Waals surface area (Å²) < 4.78 is 12.6. The van der Waals surface area contributed by atoms with E-state index in [2.05, 4.69) is 21.6 Å². The number of tetrazole rings is 1. The Labute approximate surface area is 148 Å². The lowest BCUT2D eigenvalue weighted by molar-refractivity contribution is -0.116. The number of aryl methyl sites for hydroxylation is 1. The number of hydrogen-bond acceptors (Lipinski definition) is 8. The number of rotatable bonds is 6. The number of carbonyl (C=O) groups is 1. The van der Waals surface area contributed by atoms with Gasteiger partial charge in [-0.25, -0.2) is 4.68 Å². The van der Waals surface area contributed by atoms with Gasteiger partial charge in [0.1, 0.15) is 13.2 Å². The van der Waals surface area contributed by atoms with Crippen molar-refractivity contribution in [2.24, 2.45) is 7.05 Å². The quantitative estimate of drug-likeness (QED) is 0.703. The van der Waals surface area contributed by atoms with Crippen LogP contribution in [0.5, 0.6) is 11.5 Å². The molecule has 25 heavy (non-hydrogen) atoms. The molecule has 0 unspecified atom stereocenters. The summed E-state index contributed by atoms with van der Waals surface area (Å²) in [6.07, 6.45) is 0.233. The van der Waals surface area contributed by atoms with Crippen molar-refractivity contribution >= 4 is 23.4 Å². The molecule has 130 valence electrons. The Morgan fingerprint density at radius 2 is 2.20 bits per heavy atom.